The Morgan fingerprint density at radius 3 is 2.45 bits per heavy atom. The SMILES string of the molecule is CCCNCCCS(=O)(=O)NCc1ccc(OC)cc1. The summed E-state index contributed by atoms with van der Waals surface area (Å²) in [4.78, 5) is 0. The molecule has 0 aliphatic carbocycles. The molecule has 0 amide bonds. The number of hydrogen-bond acceptors (Lipinski definition) is 4. The van der Waals surface area contributed by atoms with Gasteiger partial charge in [-0.1, -0.05) is 19.1 Å². The quantitative estimate of drug-likeness (QED) is 0.643. The van der Waals surface area contributed by atoms with Crippen molar-refractivity contribution >= 4 is 10.0 Å². The van der Waals surface area contributed by atoms with Crippen LogP contribution in [0.3, 0.4) is 0 Å². The molecule has 6 heteroatoms. The summed E-state index contributed by atoms with van der Waals surface area (Å²) in [5.41, 5.74) is 0.915. The van der Waals surface area contributed by atoms with E-state index in [1.807, 2.05) is 24.3 Å². The Hall–Kier alpha value is -1.11. The van der Waals surface area contributed by atoms with Gasteiger partial charge in [-0.15, -0.1) is 0 Å². The van der Waals surface area contributed by atoms with Gasteiger partial charge in [-0.25, -0.2) is 13.1 Å². The summed E-state index contributed by atoms with van der Waals surface area (Å²) in [7, 11) is -1.60. The lowest BCUT2D eigenvalue weighted by molar-refractivity contribution is 0.414. The van der Waals surface area contributed by atoms with Gasteiger partial charge < -0.3 is 10.1 Å². The minimum atomic E-state index is -3.20. The highest BCUT2D eigenvalue weighted by Gasteiger charge is 2.09. The summed E-state index contributed by atoms with van der Waals surface area (Å²) in [6.07, 6.45) is 1.68. The summed E-state index contributed by atoms with van der Waals surface area (Å²) in [6.45, 7) is 4.06. The van der Waals surface area contributed by atoms with Crippen molar-refractivity contribution in [2.45, 2.75) is 26.3 Å². The summed E-state index contributed by atoms with van der Waals surface area (Å²) in [5, 5.41) is 3.19. The van der Waals surface area contributed by atoms with Crippen molar-refractivity contribution in [1.29, 1.82) is 0 Å². The molecule has 1 aromatic rings. The zero-order chi connectivity index (χ0) is 14.8. The number of nitrogens with one attached hydrogen (secondary N) is 2. The Labute approximate surface area is 121 Å². The average Bonchev–Trinajstić information content (AvgIpc) is 2.45. The molecule has 0 saturated heterocycles. The second kappa shape index (κ2) is 8.94. The Bertz CT molecular complexity index is 472. The zero-order valence-electron chi connectivity index (χ0n) is 12.2. The topological polar surface area (TPSA) is 67.4 Å². The van der Waals surface area contributed by atoms with Gasteiger partial charge >= 0.3 is 0 Å². The maximum absolute atomic E-state index is 11.8. The van der Waals surface area contributed by atoms with E-state index in [-0.39, 0.29) is 5.75 Å². The van der Waals surface area contributed by atoms with Crippen molar-refractivity contribution in [3.63, 3.8) is 0 Å². The standard InChI is InChI=1S/C14H24N2O3S/c1-3-9-15-10-4-11-20(17,18)16-12-13-5-7-14(19-2)8-6-13/h5-8,15-16H,3-4,9-12H2,1-2H3. The maximum atomic E-state index is 11.8. The van der Waals surface area contributed by atoms with Crippen LogP contribution in [0.25, 0.3) is 0 Å². The van der Waals surface area contributed by atoms with Crippen LogP contribution in [0.1, 0.15) is 25.3 Å². The van der Waals surface area contributed by atoms with E-state index in [0.29, 0.717) is 13.0 Å². The summed E-state index contributed by atoms with van der Waals surface area (Å²) in [5.74, 6) is 0.915. The first-order valence-corrected chi connectivity index (χ1v) is 8.53. The molecule has 0 aliphatic rings. The van der Waals surface area contributed by atoms with Crippen LogP contribution >= 0.6 is 0 Å². The first-order chi connectivity index (χ1) is 9.57. The van der Waals surface area contributed by atoms with Gasteiger partial charge in [0.25, 0.3) is 0 Å². The zero-order valence-corrected chi connectivity index (χ0v) is 13.0. The highest BCUT2D eigenvalue weighted by molar-refractivity contribution is 7.89. The van der Waals surface area contributed by atoms with Gasteiger partial charge in [-0.3, -0.25) is 0 Å². The smallest absolute Gasteiger partial charge is 0.211 e. The average molecular weight is 300 g/mol. The Kier molecular flexibility index (Phi) is 7.58. The predicted molar refractivity (Wildman–Crippen MR) is 81.4 cm³/mol. The van der Waals surface area contributed by atoms with E-state index in [1.165, 1.54) is 0 Å². The fourth-order valence-corrected chi connectivity index (χ4v) is 2.75. The van der Waals surface area contributed by atoms with E-state index in [1.54, 1.807) is 7.11 Å². The molecule has 2 N–H and O–H groups in total. The first-order valence-electron chi connectivity index (χ1n) is 6.88. The van der Waals surface area contributed by atoms with Crippen LogP contribution in [0.15, 0.2) is 24.3 Å². The molecular formula is C14H24N2O3S. The third-order valence-corrected chi connectivity index (χ3v) is 4.26. The van der Waals surface area contributed by atoms with E-state index in [0.717, 1.165) is 30.8 Å². The van der Waals surface area contributed by atoms with Crippen molar-refractivity contribution in [2.24, 2.45) is 0 Å². The van der Waals surface area contributed by atoms with Crippen molar-refractivity contribution in [1.82, 2.24) is 10.0 Å². The number of sulfonamides is 1. The predicted octanol–water partition coefficient (Wildman–Crippen LogP) is 1.50. The third kappa shape index (κ3) is 6.88. The van der Waals surface area contributed by atoms with Gasteiger partial charge in [0.15, 0.2) is 0 Å². The highest BCUT2D eigenvalue weighted by atomic mass is 32.2. The summed E-state index contributed by atoms with van der Waals surface area (Å²) >= 11 is 0. The minimum absolute atomic E-state index is 0.153. The van der Waals surface area contributed by atoms with Gasteiger partial charge in [0.05, 0.1) is 12.9 Å². The van der Waals surface area contributed by atoms with Gasteiger partial charge in [0.1, 0.15) is 5.75 Å². The molecule has 0 bridgehead atoms. The monoisotopic (exact) mass is 300 g/mol. The number of methoxy groups -OCH3 is 1. The fourth-order valence-electron chi connectivity index (χ4n) is 1.70. The Morgan fingerprint density at radius 1 is 1.15 bits per heavy atom. The largest absolute Gasteiger partial charge is 0.497 e. The molecule has 0 aromatic heterocycles. The van der Waals surface area contributed by atoms with Crippen LogP contribution in [0, 0.1) is 0 Å². The second-order valence-electron chi connectivity index (χ2n) is 4.59. The van der Waals surface area contributed by atoms with Gasteiger partial charge in [-0.2, -0.15) is 0 Å². The van der Waals surface area contributed by atoms with Crippen LogP contribution in [0.2, 0.25) is 0 Å². The maximum Gasteiger partial charge on any atom is 0.211 e. The number of ether oxygens (including phenoxy) is 1. The molecule has 20 heavy (non-hydrogen) atoms. The third-order valence-electron chi connectivity index (χ3n) is 2.85. The van der Waals surface area contributed by atoms with Gasteiger partial charge in [0, 0.05) is 6.54 Å². The lowest BCUT2D eigenvalue weighted by Crippen LogP contribution is -2.28. The van der Waals surface area contributed by atoms with Crippen LogP contribution < -0.4 is 14.8 Å². The van der Waals surface area contributed by atoms with E-state index < -0.39 is 10.0 Å². The van der Waals surface area contributed by atoms with Gasteiger partial charge in [0.2, 0.25) is 10.0 Å². The summed E-state index contributed by atoms with van der Waals surface area (Å²) in [6, 6.07) is 7.34. The van der Waals surface area contributed by atoms with Crippen LogP contribution in [-0.2, 0) is 16.6 Å². The molecule has 114 valence electrons. The molecule has 0 atom stereocenters. The first kappa shape index (κ1) is 16.9. The minimum Gasteiger partial charge on any atom is -0.497 e. The van der Waals surface area contributed by atoms with E-state index in [9.17, 15) is 8.42 Å². The normalized spacial score (nSPS) is 11.5. The van der Waals surface area contributed by atoms with Crippen molar-refractivity contribution < 1.29 is 13.2 Å². The Morgan fingerprint density at radius 2 is 1.85 bits per heavy atom. The molecule has 0 spiro atoms. The molecule has 0 fully saturated rings. The molecule has 1 rings (SSSR count). The highest BCUT2D eigenvalue weighted by Crippen LogP contribution is 2.11. The molecular weight excluding hydrogens is 276 g/mol. The van der Waals surface area contributed by atoms with Crippen LogP contribution in [-0.4, -0.2) is 34.4 Å². The number of benzene rings is 1. The van der Waals surface area contributed by atoms with Crippen molar-refractivity contribution in [3.05, 3.63) is 29.8 Å². The molecule has 0 radical (unpaired) electrons. The summed E-state index contributed by atoms with van der Waals surface area (Å²) < 4.78 is 31.3. The number of hydrogen-bond donors (Lipinski definition) is 2. The second-order valence-corrected chi connectivity index (χ2v) is 6.52. The lowest BCUT2D eigenvalue weighted by atomic mass is 10.2. The fraction of sp³-hybridized carbons (Fsp3) is 0.571. The lowest BCUT2D eigenvalue weighted by Gasteiger charge is -2.08. The van der Waals surface area contributed by atoms with Crippen molar-refractivity contribution in [2.75, 3.05) is 26.0 Å². The number of rotatable bonds is 10. The molecule has 0 unspecified atom stereocenters. The molecule has 5 nitrogen and oxygen atoms in total. The van der Waals surface area contributed by atoms with Crippen LogP contribution in [0.5, 0.6) is 5.75 Å². The van der Waals surface area contributed by atoms with E-state index in [2.05, 4.69) is 17.0 Å². The Balaban J connectivity index is 2.31. The van der Waals surface area contributed by atoms with E-state index in [4.69, 9.17) is 4.74 Å². The molecule has 0 heterocycles. The molecule has 0 saturated carbocycles. The van der Waals surface area contributed by atoms with Gasteiger partial charge in [-0.05, 0) is 43.6 Å². The molecule has 0 aliphatic heterocycles. The van der Waals surface area contributed by atoms with Crippen LogP contribution in [0.4, 0.5) is 0 Å². The van der Waals surface area contributed by atoms with Crippen molar-refractivity contribution in [3.8, 4) is 5.75 Å². The molecule has 1 aromatic carbocycles. The van der Waals surface area contributed by atoms with E-state index >= 15 is 0 Å².